The van der Waals surface area contributed by atoms with Crippen molar-refractivity contribution in [1.29, 1.82) is 0 Å². The van der Waals surface area contributed by atoms with Crippen LogP contribution in [0.4, 0.5) is 9.39 Å². The lowest BCUT2D eigenvalue weighted by Crippen LogP contribution is -2.16. The number of benzene rings is 2. The van der Waals surface area contributed by atoms with Gasteiger partial charge in [-0.1, -0.05) is 23.7 Å². The smallest absolute Gasteiger partial charge is 0.341 e. The number of aryl methyl sites for hydroxylation is 1. The number of ether oxygens (including phenoxy) is 1. The number of thiophene rings is 1. The Bertz CT molecular complexity index is 1030. The molecule has 0 unspecified atom stereocenters. The molecular weight excluding hydrogens is 433 g/mol. The Hall–Kier alpha value is -2.35. The Morgan fingerprint density at radius 3 is 2.41 bits per heavy atom. The maximum atomic E-state index is 13.3. The number of hydrogen-bond donors (Lipinski definition) is 1. The normalized spacial score (nSPS) is 10.6. The second-order valence-electron chi connectivity index (χ2n) is 6.03. The number of carbonyl (C=O) groups excluding carboxylic acids is 2. The first-order chi connectivity index (χ1) is 13.9. The molecule has 0 aliphatic rings. The number of carbonyl (C=O) groups is 2. The molecular formula is C21H17ClFNO3S2. The average Bonchev–Trinajstić information content (AvgIpc) is 3.03. The Labute approximate surface area is 181 Å². The minimum absolute atomic E-state index is 0.172. The van der Waals surface area contributed by atoms with Crippen LogP contribution < -0.4 is 5.32 Å². The van der Waals surface area contributed by atoms with Gasteiger partial charge in [-0.15, -0.1) is 23.1 Å². The maximum absolute atomic E-state index is 13.3. The Morgan fingerprint density at radius 2 is 1.79 bits per heavy atom. The van der Waals surface area contributed by atoms with Crippen LogP contribution in [0.15, 0.2) is 53.4 Å². The first-order valence-corrected chi connectivity index (χ1v) is 10.7. The lowest BCUT2D eigenvalue weighted by atomic mass is 10.0. The number of thioether (sulfide) groups is 1. The number of amides is 1. The molecule has 0 fully saturated rings. The minimum Gasteiger partial charge on any atom is -0.465 e. The molecule has 3 aromatic rings. The zero-order valence-corrected chi connectivity index (χ0v) is 18.0. The zero-order chi connectivity index (χ0) is 21.0. The van der Waals surface area contributed by atoms with Crippen molar-refractivity contribution < 1.29 is 18.7 Å². The molecule has 0 saturated carbocycles. The molecule has 0 aliphatic carbocycles. The molecule has 29 heavy (non-hydrogen) atoms. The van der Waals surface area contributed by atoms with Crippen LogP contribution in [0.1, 0.15) is 15.2 Å². The summed E-state index contributed by atoms with van der Waals surface area (Å²) in [6.07, 6.45) is 0. The number of methoxy groups -OCH3 is 1. The van der Waals surface area contributed by atoms with Gasteiger partial charge in [0.1, 0.15) is 16.4 Å². The Balaban J connectivity index is 1.83. The second-order valence-corrected chi connectivity index (χ2v) is 8.74. The number of hydrogen-bond acceptors (Lipinski definition) is 5. The fourth-order valence-corrected chi connectivity index (χ4v) is 4.64. The van der Waals surface area contributed by atoms with E-state index in [1.165, 1.54) is 42.3 Å². The highest BCUT2D eigenvalue weighted by molar-refractivity contribution is 8.00. The van der Waals surface area contributed by atoms with E-state index < -0.39 is 5.97 Å². The Morgan fingerprint density at radius 1 is 1.14 bits per heavy atom. The van der Waals surface area contributed by atoms with Gasteiger partial charge in [0.15, 0.2) is 0 Å². The number of nitrogens with one attached hydrogen (secondary N) is 1. The van der Waals surface area contributed by atoms with E-state index in [4.69, 9.17) is 16.3 Å². The highest BCUT2D eigenvalue weighted by atomic mass is 35.5. The van der Waals surface area contributed by atoms with Gasteiger partial charge >= 0.3 is 5.97 Å². The van der Waals surface area contributed by atoms with E-state index in [9.17, 15) is 14.0 Å². The summed E-state index contributed by atoms with van der Waals surface area (Å²) >= 11 is 8.51. The summed E-state index contributed by atoms with van der Waals surface area (Å²) in [6.45, 7) is 1.84. The van der Waals surface area contributed by atoms with Crippen molar-refractivity contribution in [3.8, 4) is 11.1 Å². The Kier molecular flexibility index (Phi) is 6.95. The molecule has 0 bridgehead atoms. The predicted octanol–water partition coefficient (Wildman–Crippen LogP) is 6.03. The van der Waals surface area contributed by atoms with E-state index >= 15 is 0 Å². The van der Waals surface area contributed by atoms with Gasteiger partial charge in [-0.05, 0) is 48.9 Å². The van der Waals surface area contributed by atoms with Gasteiger partial charge < -0.3 is 10.1 Å². The van der Waals surface area contributed by atoms with E-state index in [1.54, 1.807) is 24.3 Å². The molecule has 1 amide bonds. The van der Waals surface area contributed by atoms with Crippen LogP contribution in [0.5, 0.6) is 0 Å². The lowest BCUT2D eigenvalue weighted by molar-refractivity contribution is -0.113. The third-order valence-corrected chi connectivity index (χ3v) is 6.33. The zero-order valence-electron chi connectivity index (χ0n) is 15.6. The first kappa shape index (κ1) is 21.4. The molecule has 1 aromatic heterocycles. The number of anilines is 1. The number of halogens is 2. The molecule has 0 radical (unpaired) electrons. The standard InChI is InChI=1S/C21H17ClFNO3S2/c1-12-18(13-3-7-15(23)8-4-13)19(21(26)27-2)20(29-12)24-17(25)11-28-16-9-5-14(22)6-10-16/h3-10H,11H2,1-2H3,(H,24,25). The van der Waals surface area contributed by atoms with E-state index in [0.717, 1.165) is 9.77 Å². The largest absolute Gasteiger partial charge is 0.465 e. The van der Waals surface area contributed by atoms with Crippen molar-refractivity contribution in [2.24, 2.45) is 0 Å². The molecule has 150 valence electrons. The second kappa shape index (κ2) is 9.43. The third kappa shape index (κ3) is 5.18. The van der Waals surface area contributed by atoms with Gasteiger partial charge in [-0.25, -0.2) is 9.18 Å². The molecule has 0 aliphatic heterocycles. The van der Waals surface area contributed by atoms with Gasteiger partial charge in [0, 0.05) is 20.4 Å². The van der Waals surface area contributed by atoms with Crippen LogP contribution in [0.3, 0.4) is 0 Å². The summed E-state index contributed by atoms with van der Waals surface area (Å²) in [5.41, 5.74) is 1.57. The monoisotopic (exact) mass is 449 g/mol. The van der Waals surface area contributed by atoms with Gasteiger partial charge in [-0.2, -0.15) is 0 Å². The van der Waals surface area contributed by atoms with Crippen LogP contribution in [-0.2, 0) is 9.53 Å². The van der Waals surface area contributed by atoms with Crippen LogP contribution >= 0.6 is 34.7 Å². The number of rotatable bonds is 6. The van der Waals surface area contributed by atoms with Crippen LogP contribution in [0, 0.1) is 12.7 Å². The summed E-state index contributed by atoms with van der Waals surface area (Å²) in [5, 5.41) is 3.85. The van der Waals surface area contributed by atoms with E-state index in [1.807, 2.05) is 19.1 Å². The average molecular weight is 450 g/mol. The van der Waals surface area contributed by atoms with Crippen molar-refractivity contribution in [2.45, 2.75) is 11.8 Å². The molecule has 0 atom stereocenters. The SMILES string of the molecule is COC(=O)c1c(NC(=O)CSc2ccc(Cl)cc2)sc(C)c1-c1ccc(F)cc1. The molecule has 0 spiro atoms. The predicted molar refractivity (Wildman–Crippen MR) is 117 cm³/mol. The molecule has 0 saturated heterocycles. The van der Waals surface area contributed by atoms with Crippen LogP contribution in [0.2, 0.25) is 5.02 Å². The molecule has 2 aromatic carbocycles. The van der Waals surface area contributed by atoms with Crippen molar-refractivity contribution in [3.63, 3.8) is 0 Å². The van der Waals surface area contributed by atoms with E-state index in [-0.39, 0.29) is 23.0 Å². The highest BCUT2D eigenvalue weighted by Gasteiger charge is 2.25. The minimum atomic E-state index is -0.561. The third-order valence-electron chi connectivity index (χ3n) is 4.04. The quantitative estimate of drug-likeness (QED) is 0.368. The van der Waals surface area contributed by atoms with Crippen molar-refractivity contribution in [3.05, 3.63) is 69.8 Å². The fraction of sp³-hybridized carbons (Fsp3) is 0.143. The lowest BCUT2D eigenvalue weighted by Gasteiger charge is -2.08. The van der Waals surface area contributed by atoms with Crippen molar-refractivity contribution >= 4 is 51.6 Å². The highest BCUT2D eigenvalue weighted by Crippen LogP contribution is 2.40. The molecule has 3 rings (SSSR count). The molecule has 1 N–H and O–H groups in total. The first-order valence-electron chi connectivity index (χ1n) is 8.55. The van der Waals surface area contributed by atoms with Gasteiger partial charge in [0.2, 0.25) is 5.91 Å². The van der Waals surface area contributed by atoms with Crippen molar-refractivity contribution in [1.82, 2.24) is 0 Å². The molecule has 1 heterocycles. The fourth-order valence-electron chi connectivity index (χ4n) is 2.74. The van der Waals surface area contributed by atoms with E-state index in [0.29, 0.717) is 21.2 Å². The number of esters is 1. The van der Waals surface area contributed by atoms with Crippen LogP contribution in [-0.4, -0.2) is 24.7 Å². The summed E-state index contributed by atoms with van der Waals surface area (Å²) < 4.78 is 18.2. The summed E-state index contributed by atoms with van der Waals surface area (Å²) in [7, 11) is 1.28. The van der Waals surface area contributed by atoms with E-state index in [2.05, 4.69) is 5.32 Å². The topological polar surface area (TPSA) is 55.4 Å². The van der Waals surface area contributed by atoms with Gasteiger partial charge in [-0.3, -0.25) is 4.79 Å². The van der Waals surface area contributed by atoms with Gasteiger partial charge in [0.05, 0.1) is 12.9 Å². The van der Waals surface area contributed by atoms with Gasteiger partial charge in [0.25, 0.3) is 0 Å². The maximum Gasteiger partial charge on any atom is 0.341 e. The molecule has 4 nitrogen and oxygen atoms in total. The summed E-state index contributed by atoms with van der Waals surface area (Å²) in [4.78, 5) is 26.6. The van der Waals surface area contributed by atoms with Crippen molar-refractivity contribution in [2.75, 3.05) is 18.2 Å². The summed E-state index contributed by atoms with van der Waals surface area (Å²) in [5.74, 6) is -1.00. The van der Waals surface area contributed by atoms with Crippen LogP contribution in [0.25, 0.3) is 11.1 Å². The molecule has 8 heteroatoms. The summed E-state index contributed by atoms with van der Waals surface area (Å²) in [6, 6.07) is 13.0.